The van der Waals surface area contributed by atoms with Crippen molar-refractivity contribution in [3.8, 4) is 44.5 Å². The summed E-state index contributed by atoms with van der Waals surface area (Å²) < 4.78 is 0. The maximum absolute atomic E-state index is 2.67. The van der Waals surface area contributed by atoms with Gasteiger partial charge in [-0.15, -0.1) is 0 Å². The minimum absolute atomic E-state index is 0.158. The van der Waals surface area contributed by atoms with E-state index in [1.807, 2.05) is 0 Å². The number of unbranched alkanes of at least 4 members (excludes halogenated alkanes) is 6. The lowest BCUT2D eigenvalue weighted by Crippen LogP contribution is -2.26. The van der Waals surface area contributed by atoms with Crippen molar-refractivity contribution in [3.63, 3.8) is 0 Å². The van der Waals surface area contributed by atoms with Gasteiger partial charge in [0, 0.05) is 21.9 Å². The van der Waals surface area contributed by atoms with Crippen molar-refractivity contribution in [2.75, 3.05) is 4.90 Å². The van der Waals surface area contributed by atoms with Gasteiger partial charge in [0.15, 0.2) is 0 Å². The molecule has 12 rings (SSSR count). The normalized spacial score (nSPS) is 12.7. The van der Waals surface area contributed by atoms with Crippen molar-refractivity contribution in [3.05, 3.63) is 235 Å². The first-order chi connectivity index (χ1) is 36.5. The van der Waals surface area contributed by atoms with Crippen molar-refractivity contribution in [2.45, 2.75) is 97.3 Å². The summed E-state index contributed by atoms with van der Waals surface area (Å²) in [6.45, 7) is 9.18. The quantitative estimate of drug-likeness (QED) is 0.0689. The second kappa shape index (κ2) is 20.3. The summed E-state index contributed by atoms with van der Waals surface area (Å²) in [6, 6.07) is 80.8. The standard InChI is InChI=1S/C73H67N/c1-5-7-9-24-46-73(47-25-10-8-6-2)67-48-53(71-63-34-20-22-36-65(63)72(66-37-23-21-35-64(66)71)62-33-19-16-30-57(62)52-26-12-11-13-27-52)40-42-58(67)59-43-41-54(49-68(59)73)74(69-44-38-50(3)55-28-14-17-31-60(55)69)70-45-39-51(4)56-29-15-18-32-61(56)70/h11-23,26-45,48-49H,5-10,24-25,46-47H2,1-4H3. The summed E-state index contributed by atoms with van der Waals surface area (Å²) in [6.07, 6.45) is 12.1. The van der Waals surface area contributed by atoms with Gasteiger partial charge in [-0.1, -0.05) is 247 Å². The molecule has 0 fully saturated rings. The van der Waals surface area contributed by atoms with Gasteiger partial charge in [-0.3, -0.25) is 0 Å². The third-order valence-electron chi connectivity index (χ3n) is 16.7. The Kier molecular flexibility index (Phi) is 13.0. The molecule has 364 valence electrons. The van der Waals surface area contributed by atoms with Crippen LogP contribution in [-0.2, 0) is 5.41 Å². The van der Waals surface area contributed by atoms with Gasteiger partial charge in [-0.05, 0) is 156 Å². The van der Waals surface area contributed by atoms with Crippen LogP contribution < -0.4 is 4.90 Å². The second-order valence-corrected chi connectivity index (χ2v) is 21.2. The maximum Gasteiger partial charge on any atom is 0.0540 e. The molecule has 0 aromatic heterocycles. The summed E-state index contributed by atoms with van der Waals surface area (Å²) in [5.74, 6) is 0. The summed E-state index contributed by atoms with van der Waals surface area (Å²) in [5, 5.41) is 10.3. The van der Waals surface area contributed by atoms with Gasteiger partial charge in [-0.2, -0.15) is 0 Å². The molecule has 0 saturated heterocycles. The average molecular weight is 958 g/mol. The second-order valence-electron chi connectivity index (χ2n) is 21.2. The molecule has 0 aliphatic heterocycles. The highest BCUT2D eigenvalue weighted by Gasteiger charge is 2.43. The molecule has 0 bridgehead atoms. The Labute approximate surface area is 439 Å². The Morgan fingerprint density at radius 1 is 0.324 bits per heavy atom. The van der Waals surface area contributed by atoms with E-state index in [4.69, 9.17) is 0 Å². The molecule has 0 N–H and O–H groups in total. The van der Waals surface area contributed by atoms with Crippen LogP contribution in [0.5, 0.6) is 0 Å². The third kappa shape index (κ3) is 8.18. The van der Waals surface area contributed by atoms with E-state index in [0.717, 1.165) is 12.8 Å². The van der Waals surface area contributed by atoms with Crippen molar-refractivity contribution in [2.24, 2.45) is 0 Å². The number of aryl methyl sites for hydroxylation is 2. The van der Waals surface area contributed by atoms with Gasteiger partial charge in [0.25, 0.3) is 0 Å². The monoisotopic (exact) mass is 958 g/mol. The Morgan fingerprint density at radius 2 is 0.770 bits per heavy atom. The van der Waals surface area contributed by atoms with Crippen LogP contribution in [0.15, 0.2) is 212 Å². The predicted molar refractivity (Wildman–Crippen MR) is 321 cm³/mol. The Morgan fingerprint density at radius 3 is 1.31 bits per heavy atom. The number of hydrogen-bond donors (Lipinski definition) is 0. The fraction of sp³-hybridized carbons (Fsp3) is 0.205. The number of nitrogens with zero attached hydrogens (tertiary/aromatic N) is 1. The molecule has 11 aromatic carbocycles. The van der Waals surface area contributed by atoms with E-state index in [2.05, 4.69) is 245 Å². The summed E-state index contributed by atoms with van der Waals surface area (Å²) >= 11 is 0. The lowest BCUT2D eigenvalue weighted by atomic mass is 9.70. The highest BCUT2D eigenvalue weighted by molar-refractivity contribution is 6.22. The fourth-order valence-electron chi connectivity index (χ4n) is 13.1. The number of benzene rings is 11. The molecule has 1 heteroatoms. The predicted octanol–water partition coefficient (Wildman–Crippen LogP) is 21.6. The minimum atomic E-state index is -0.158. The van der Waals surface area contributed by atoms with E-state index in [9.17, 15) is 0 Å². The molecule has 0 saturated carbocycles. The third-order valence-corrected chi connectivity index (χ3v) is 16.7. The first kappa shape index (κ1) is 47.3. The zero-order valence-corrected chi connectivity index (χ0v) is 43.7. The topological polar surface area (TPSA) is 3.24 Å². The molecule has 0 radical (unpaired) electrons. The molecule has 0 unspecified atom stereocenters. The van der Waals surface area contributed by atoms with Gasteiger partial charge in [0.2, 0.25) is 0 Å². The molecule has 0 heterocycles. The van der Waals surface area contributed by atoms with Gasteiger partial charge in [0.05, 0.1) is 11.4 Å². The minimum Gasteiger partial charge on any atom is -0.309 e. The van der Waals surface area contributed by atoms with Crippen LogP contribution >= 0.6 is 0 Å². The van der Waals surface area contributed by atoms with Gasteiger partial charge < -0.3 is 4.90 Å². The van der Waals surface area contributed by atoms with Gasteiger partial charge >= 0.3 is 0 Å². The van der Waals surface area contributed by atoms with Crippen LogP contribution in [0.25, 0.3) is 87.6 Å². The molecule has 0 amide bonds. The maximum atomic E-state index is 2.67. The molecule has 1 aliphatic rings. The first-order valence-corrected chi connectivity index (χ1v) is 27.6. The van der Waals surface area contributed by atoms with Crippen molar-refractivity contribution in [1.82, 2.24) is 0 Å². The highest BCUT2D eigenvalue weighted by atomic mass is 15.1. The van der Waals surface area contributed by atoms with E-state index in [0.29, 0.717) is 0 Å². The number of hydrogen-bond acceptors (Lipinski definition) is 1. The SMILES string of the molecule is CCCCCCC1(CCCCCC)c2cc(-c3c4ccccc4c(-c4ccccc4-c4ccccc4)c4ccccc34)ccc2-c2ccc(N(c3ccc(C)c4ccccc34)c3ccc(C)c4ccccc34)cc21. The number of anilines is 3. The molecular formula is C73H67N. The van der Waals surface area contributed by atoms with E-state index >= 15 is 0 Å². The molecule has 74 heavy (non-hydrogen) atoms. The largest absolute Gasteiger partial charge is 0.309 e. The van der Waals surface area contributed by atoms with Crippen LogP contribution in [0.1, 0.15) is 100 Å². The molecule has 0 spiro atoms. The van der Waals surface area contributed by atoms with E-state index < -0.39 is 0 Å². The van der Waals surface area contributed by atoms with Crippen molar-refractivity contribution >= 4 is 60.2 Å². The van der Waals surface area contributed by atoms with Crippen LogP contribution in [0.2, 0.25) is 0 Å². The van der Waals surface area contributed by atoms with E-state index in [-0.39, 0.29) is 5.41 Å². The van der Waals surface area contributed by atoms with Crippen molar-refractivity contribution < 1.29 is 0 Å². The van der Waals surface area contributed by atoms with Crippen LogP contribution in [0, 0.1) is 13.8 Å². The van der Waals surface area contributed by atoms with Crippen molar-refractivity contribution in [1.29, 1.82) is 0 Å². The lowest BCUT2D eigenvalue weighted by molar-refractivity contribution is 0.401. The summed E-state index contributed by atoms with van der Waals surface area (Å²) in [5.41, 5.74) is 19.6. The molecule has 0 atom stereocenters. The highest BCUT2D eigenvalue weighted by Crippen LogP contribution is 2.58. The van der Waals surface area contributed by atoms with E-state index in [1.54, 1.807) is 0 Å². The fourth-order valence-corrected chi connectivity index (χ4v) is 13.1. The average Bonchev–Trinajstić information content (AvgIpc) is 3.72. The summed E-state index contributed by atoms with van der Waals surface area (Å²) in [7, 11) is 0. The first-order valence-electron chi connectivity index (χ1n) is 27.6. The Balaban J connectivity index is 1.09. The van der Waals surface area contributed by atoms with Gasteiger partial charge in [0.1, 0.15) is 0 Å². The van der Waals surface area contributed by atoms with Crippen LogP contribution in [0.4, 0.5) is 17.1 Å². The molecular weight excluding hydrogens is 891 g/mol. The van der Waals surface area contributed by atoms with Crippen LogP contribution in [0.3, 0.4) is 0 Å². The molecule has 1 aliphatic carbocycles. The molecule has 11 aromatic rings. The molecule has 1 nitrogen and oxygen atoms in total. The zero-order valence-electron chi connectivity index (χ0n) is 43.7. The lowest BCUT2D eigenvalue weighted by Gasteiger charge is -2.35. The Hall–Kier alpha value is -7.74. The zero-order chi connectivity index (χ0) is 50.2. The van der Waals surface area contributed by atoms with E-state index in [1.165, 1.54) is 178 Å². The van der Waals surface area contributed by atoms with Gasteiger partial charge in [-0.25, -0.2) is 0 Å². The summed E-state index contributed by atoms with van der Waals surface area (Å²) in [4.78, 5) is 2.59. The smallest absolute Gasteiger partial charge is 0.0540 e. The van der Waals surface area contributed by atoms with Crippen LogP contribution in [-0.4, -0.2) is 0 Å². The Bertz CT molecular complexity index is 3700. The number of fused-ring (bicyclic) bond motifs is 7. The number of rotatable bonds is 16.